The number of carbonyl (C=O) groups excluding carboxylic acids is 2. The van der Waals surface area contributed by atoms with Crippen LogP contribution < -0.4 is 5.32 Å². The van der Waals surface area contributed by atoms with E-state index in [1.807, 2.05) is 30.3 Å². The molecule has 114 valence electrons. The van der Waals surface area contributed by atoms with Gasteiger partial charge in [-0.3, -0.25) is 4.79 Å². The van der Waals surface area contributed by atoms with Crippen molar-refractivity contribution in [3.63, 3.8) is 0 Å². The van der Waals surface area contributed by atoms with E-state index in [4.69, 9.17) is 16.3 Å². The van der Waals surface area contributed by atoms with E-state index < -0.39 is 11.6 Å². The van der Waals surface area contributed by atoms with Crippen LogP contribution in [-0.4, -0.2) is 11.9 Å². The number of carbonyl (C=O) groups is 2. The first-order valence-corrected chi connectivity index (χ1v) is 7.57. The summed E-state index contributed by atoms with van der Waals surface area (Å²) in [5, 5.41) is 3.17. The number of anilines is 1. The van der Waals surface area contributed by atoms with Gasteiger partial charge in [-0.1, -0.05) is 54.1 Å². The van der Waals surface area contributed by atoms with E-state index in [0.29, 0.717) is 16.3 Å². The van der Waals surface area contributed by atoms with Crippen LogP contribution in [0.5, 0.6) is 0 Å². The molecule has 23 heavy (non-hydrogen) atoms. The van der Waals surface area contributed by atoms with Crippen LogP contribution in [0, 0.1) is 0 Å². The molecule has 1 N–H and O–H groups in total. The lowest BCUT2D eigenvalue weighted by atomic mass is 9.84. The van der Waals surface area contributed by atoms with E-state index in [1.54, 1.807) is 18.2 Å². The van der Waals surface area contributed by atoms with Crippen molar-refractivity contribution >= 4 is 34.7 Å². The molecular weight excluding hydrogens is 314 g/mol. The molecule has 2 heterocycles. The highest BCUT2D eigenvalue weighted by atomic mass is 35.5. The predicted molar refractivity (Wildman–Crippen MR) is 86.9 cm³/mol. The fourth-order valence-electron chi connectivity index (χ4n) is 3.14. The van der Waals surface area contributed by atoms with Crippen LogP contribution >= 0.6 is 11.6 Å². The summed E-state index contributed by atoms with van der Waals surface area (Å²) in [7, 11) is 0. The fraction of sp³-hybridized carbons (Fsp3) is 0.111. The molecule has 0 saturated heterocycles. The van der Waals surface area contributed by atoms with Gasteiger partial charge in [0.05, 0.1) is 10.7 Å². The highest BCUT2D eigenvalue weighted by Crippen LogP contribution is 2.48. The summed E-state index contributed by atoms with van der Waals surface area (Å²) in [4.78, 5) is 24.7. The molecule has 5 heteroatoms. The van der Waals surface area contributed by atoms with Crippen LogP contribution in [0.15, 0.2) is 54.6 Å². The minimum absolute atomic E-state index is 0.280. The largest absolute Gasteiger partial charge is 0.440 e. The first-order chi connectivity index (χ1) is 11.1. The molecule has 1 amide bonds. The molecule has 0 unspecified atom stereocenters. The van der Waals surface area contributed by atoms with Crippen molar-refractivity contribution in [2.75, 3.05) is 5.32 Å². The summed E-state index contributed by atoms with van der Waals surface area (Å²) in [6, 6.07) is 14.7. The van der Waals surface area contributed by atoms with Gasteiger partial charge < -0.3 is 10.1 Å². The second-order valence-corrected chi connectivity index (χ2v) is 5.98. The number of hydrogen-bond donors (Lipinski definition) is 1. The molecule has 2 aliphatic heterocycles. The Morgan fingerprint density at radius 1 is 1.04 bits per heavy atom. The molecule has 1 atom stereocenters. The number of hydrogen-bond acceptors (Lipinski definition) is 3. The molecule has 4 nitrogen and oxygen atoms in total. The Labute approximate surface area is 137 Å². The van der Waals surface area contributed by atoms with Gasteiger partial charge in [-0.15, -0.1) is 0 Å². The third-order valence-corrected chi connectivity index (χ3v) is 4.52. The van der Waals surface area contributed by atoms with Crippen LogP contribution in [0.4, 0.5) is 5.69 Å². The Morgan fingerprint density at radius 2 is 1.83 bits per heavy atom. The smallest absolute Gasteiger partial charge is 0.332 e. The Hall–Kier alpha value is -2.59. The topological polar surface area (TPSA) is 55.4 Å². The van der Waals surface area contributed by atoms with Gasteiger partial charge in [-0.25, -0.2) is 4.79 Å². The minimum Gasteiger partial charge on any atom is -0.440 e. The molecule has 0 radical (unpaired) electrons. The predicted octanol–water partition coefficient (Wildman–Crippen LogP) is 3.52. The summed E-state index contributed by atoms with van der Waals surface area (Å²) < 4.78 is 5.49. The number of benzene rings is 2. The maximum absolute atomic E-state index is 12.6. The van der Waals surface area contributed by atoms with Crippen LogP contribution in [0.1, 0.15) is 17.5 Å². The monoisotopic (exact) mass is 325 g/mol. The zero-order valence-electron chi connectivity index (χ0n) is 12.0. The molecule has 0 fully saturated rings. The van der Waals surface area contributed by atoms with Crippen molar-refractivity contribution in [2.45, 2.75) is 12.0 Å². The van der Waals surface area contributed by atoms with E-state index in [-0.39, 0.29) is 12.3 Å². The molecule has 0 aromatic heterocycles. The zero-order valence-corrected chi connectivity index (χ0v) is 12.8. The van der Waals surface area contributed by atoms with Gasteiger partial charge in [-0.05, 0) is 17.2 Å². The Balaban J connectivity index is 1.85. The molecule has 0 bridgehead atoms. The fourth-order valence-corrected chi connectivity index (χ4v) is 3.36. The summed E-state index contributed by atoms with van der Waals surface area (Å²) in [6.45, 7) is 0. The summed E-state index contributed by atoms with van der Waals surface area (Å²) >= 11 is 6.16. The van der Waals surface area contributed by atoms with Gasteiger partial charge in [0.1, 0.15) is 0 Å². The van der Waals surface area contributed by atoms with Crippen molar-refractivity contribution < 1.29 is 14.3 Å². The Bertz CT molecular complexity index is 860. The minimum atomic E-state index is -1.35. The van der Waals surface area contributed by atoms with Crippen LogP contribution in [0.3, 0.4) is 0 Å². The van der Waals surface area contributed by atoms with Crippen molar-refractivity contribution in [3.05, 3.63) is 70.8 Å². The first-order valence-electron chi connectivity index (χ1n) is 7.19. The zero-order chi connectivity index (χ0) is 16.0. The first kappa shape index (κ1) is 14.0. The third kappa shape index (κ3) is 2.06. The highest BCUT2D eigenvalue weighted by molar-refractivity contribution is 6.34. The number of amides is 1. The van der Waals surface area contributed by atoms with Crippen molar-refractivity contribution in [3.8, 4) is 0 Å². The van der Waals surface area contributed by atoms with Gasteiger partial charge in [0.25, 0.3) is 5.91 Å². The average Bonchev–Trinajstić information content (AvgIpc) is 2.81. The van der Waals surface area contributed by atoms with Crippen LogP contribution in [-0.2, 0) is 19.9 Å². The molecule has 1 spiro atoms. The number of rotatable bonds is 1. The lowest BCUT2D eigenvalue weighted by Crippen LogP contribution is -2.41. The highest BCUT2D eigenvalue weighted by Gasteiger charge is 2.53. The van der Waals surface area contributed by atoms with Gasteiger partial charge in [0.2, 0.25) is 5.60 Å². The Morgan fingerprint density at radius 3 is 2.61 bits per heavy atom. The molecule has 2 aromatic rings. The van der Waals surface area contributed by atoms with Gasteiger partial charge in [0, 0.05) is 18.1 Å². The molecular formula is C18H12ClNO3. The second kappa shape index (κ2) is 4.96. The Kier molecular flexibility index (Phi) is 3.03. The third-order valence-electron chi connectivity index (χ3n) is 4.20. The van der Waals surface area contributed by atoms with Crippen LogP contribution in [0.25, 0.3) is 5.57 Å². The summed E-state index contributed by atoms with van der Waals surface area (Å²) in [5.41, 5.74) is 1.43. The maximum Gasteiger partial charge on any atom is 0.332 e. The number of fused-ring (bicyclic) bond motifs is 2. The molecule has 0 saturated carbocycles. The number of ether oxygens (including phenoxy) is 1. The van der Waals surface area contributed by atoms with Gasteiger partial charge in [-0.2, -0.15) is 0 Å². The molecule has 2 aliphatic rings. The number of esters is 1. The number of para-hydroxylation sites is 1. The number of nitrogens with one attached hydrogen (secondary N) is 1. The lowest BCUT2D eigenvalue weighted by molar-refractivity contribution is -0.163. The summed E-state index contributed by atoms with van der Waals surface area (Å²) in [5.74, 6) is -0.895. The van der Waals surface area contributed by atoms with E-state index in [9.17, 15) is 9.59 Å². The number of halogens is 1. The van der Waals surface area contributed by atoms with E-state index >= 15 is 0 Å². The lowest BCUT2D eigenvalue weighted by Gasteiger charge is -2.31. The quantitative estimate of drug-likeness (QED) is 0.816. The van der Waals surface area contributed by atoms with Crippen molar-refractivity contribution in [2.24, 2.45) is 0 Å². The maximum atomic E-state index is 12.6. The molecule has 0 aliphatic carbocycles. The normalized spacial score (nSPS) is 22.4. The van der Waals surface area contributed by atoms with Crippen molar-refractivity contribution in [1.29, 1.82) is 0 Å². The van der Waals surface area contributed by atoms with E-state index in [0.717, 1.165) is 11.1 Å². The second-order valence-electron chi connectivity index (χ2n) is 5.58. The SMILES string of the molecule is O=C1C=C(c2ccccc2)C[C@@]2(O1)C(=O)Nc1c(Cl)cccc12. The summed E-state index contributed by atoms with van der Waals surface area (Å²) in [6.07, 6.45) is 1.72. The molecule has 2 aromatic carbocycles. The van der Waals surface area contributed by atoms with E-state index in [2.05, 4.69) is 5.32 Å². The van der Waals surface area contributed by atoms with Gasteiger partial charge in [0.15, 0.2) is 0 Å². The standard InChI is InChI=1S/C18H12ClNO3/c19-14-8-4-7-13-16(14)20-17(22)18(13)10-12(9-15(21)23-18)11-5-2-1-3-6-11/h1-9H,10H2,(H,20,22)/t18-/m0/s1. The average molecular weight is 326 g/mol. The molecule has 4 rings (SSSR count). The van der Waals surface area contributed by atoms with Gasteiger partial charge >= 0.3 is 5.97 Å². The van der Waals surface area contributed by atoms with E-state index in [1.165, 1.54) is 6.08 Å². The van der Waals surface area contributed by atoms with Crippen molar-refractivity contribution in [1.82, 2.24) is 0 Å². The van der Waals surface area contributed by atoms with Crippen LogP contribution in [0.2, 0.25) is 5.02 Å².